The minimum atomic E-state index is -0.518. The lowest BCUT2D eigenvalue weighted by atomic mass is 9.97. The predicted molar refractivity (Wildman–Crippen MR) is 100 cm³/mol. The van der Waals surface area contributed by atoms with Gasteiger partial charge in [-0.1, -0.05) is 0 Å². The lowest BCUT2D eigenvalue weighted by molar-refractivity contribution is -0.384. The maximum atomic E-state index is 10.9. The molecule has 0 saturated heterocycles. The van der Waals surface area contributed by atoms with Crippen LogP contribution in [0.15, 0.2) is 29.6 Å². The molecule has 0 amide bonds. The van der Waals surface area contributed by atoms with E-state index in [2.05, 4.69) is 20.5 Å². The number of hydrazone groups is 1. The zero-order chi connectivity index (χ0) is 18.1. The van der Waals surface area contributed by atoms with Crippen LogP contribution >= 0.6 is 11.3 Å². The Morgan fingerprint density at radius 1 is 1.31 bits per heavy atom. The SMILES string of the molecule is O=[N+]([O-])c1ccc(O)c(/C=N/Nc2ncnc3sc4c(c23)CCCC4)c1. The summed E-state index contributed by atoms with van der Waals surface area (Å²) < 4.78 is 0. The molecule has 1 aromatic carbocycles. The largest absolute Gasteiger partial charge is 0.507 e. The number of benzene rings is 1. The van der Waals surface area contributed by atoms with Crippen LogP contribution in [0.25, 0.3) is 10.2 Å². The average Bonchev–Trinajstić information content (AvgIpc) is 3.02. The van der Waals surface area contributed by atoms with Crippen LogP contribution in [-0.4, -0.2) is 26.2 Å². The first kappa shape index (κ1) is 16.4. The van der Waals surface area contributed by atoms with Gasteiger partial charge in [0.2, 0.25) is 0 Å². The van der Waals surface area contributed by atoms with Gasteiger partial charge < -0.3 is 5.11 Å². The van der Waals surface area contributed by atoms with E-state index in [1.165, 1.54) is 47.6 Å². The summed E-state index contributed by atoms with van der Waals surface area (Å²) in [6.07, 6.45) is 7.26. The number of nitro groups is 1. The molecule has 8 nitrogen and oxygen atoms in total. The fourth-order valence-corrected chi connectivity index (χ4v) is 4.33. The number of fused-ring (bicyclic) bond motifs is 3. The van der Waals surface area contributed by atoms with Crippen molar-refractivity contribution in [2.45, 2.75) is 25.7 Å². The Labute approximate surface area is 152 Å². The molecule has 4 rings (SSSR count). The van der Waals surface area contributed by atoms with Crippen LogP contribution in [0.3, 0.4) is 0 Å². The monoisotopic (exact) mass is 369 g/mol. The number of non-ortho nitro benzene ring substituents is 1. The number of aromatic hydroxyl groups is 1. The molecule has 0 radical (unpaired) electrons. The third-order valence-corrected chi connectivity index (χ3v) is 5.55. The van der Waals surface area contributed by atoms with E-state index in [1.807, 2.05) is 0 Å². The first-order valence-corrected chi connectivity index (χ1v) is 8.97. The molecule has 132 valence electrons. The number of thiophene rings is 1. The smallest absolute Gasteiger partial charge is 0.270 e. The Morgan fingerprint density at radius 3 is 3.00 bits per heavy atom. The molecule has 1 aliphatic rings. The molecule has 2 heterocycles. The van der Waals surface area contributed by atoms with E-state index in [-0.39, 0.29) is 17.0 Å². The Balaban J connectivity index is 1.64. The molecule has 0 spiro atoms. The van der Waals surface area contributed by atoms with Crippen LogP contribution in [0.4, 0.5) is 11.5 Å². The highest BCUT2D eigenvalue weighted by Crippen LogP contribution is 2.38. The van der Waals surface area contributed by atoms with Crippen molar-refractivity contribution < 1.29 is 10.0 Å². The van der Waals surface area contributed by atoms with E-state index in [0.29, 0.717) is 5.82 Å². The zero-order valence-electron chi connectivity index (χ0n) is 13.7. The summed E-state index contributed by atoms with van der Waals surface area (Å²) in [6.45, 7) is 0. The number of anilines is 1. The van der Waals surface area contributed by atoms with Gasteiger partial charge in [-0.15, -0.1) is 11.3 Å². The molecular formula is C17H15N5O3S. The molecule has 0 saturated carbocycles. The van der Waals surface area contributed by atoms with Crippen molar-refractivity contribution in [3.63, 3.8) is 0 Å². The second-order valence-corrected chi connectivity index (χ2v) is 7.07. The van der Waals surface area contributed by atoms with Crippen molar-refractivity contribution in [3.05, 3.63) is 50.6 Å². The number of phenolic OH excluding ortho intramolecular Hbond substituents is 1. The van der Waals surface area contributed by atoms with Gasteiger partial charge in [-0.25, -0.2) is 9.97 Å². The summed E-state index contributed by atoms with van der Waals surface area (Å²) in [6, 6.07) is 3.78. The number of nitrogens with one attached hydrogen (secondary N) is 1. The Morgan fingerprint density at radius 2 is 2.15 bits per heavy atom. The van der Waals surface area contributed by atoms with Gasteiger partial charge in [-0.2, -0.15) is 5.10 Å². The summed E-state index contributed by atoms with van der Waals surface area (Å²) in [5.74, 6) is 0.525. The van der Waals surface area contributed by atoms with Crippen LogP contribution in [-0.2, 0) is 12.8 Å². The van der Waals surface area contributed by atoms with Crippen LogP contribution in [0.1, 0.15) is 28.8 Å². The molecule has 0 atom stereocenters. The molecule has 26 heavy (non-hydrogen) atoms. The molecule has 0 aliphatic heterocycles. The second-order valence-electron chi connectivity index (χ2n) is 5.98. The molecule has 0 unspecified atom stereocenters. The summed E-state index contributed by atoms with van der Waals surface area (Å²) in [5, 5.41) is 25.8. The van der Waals surface area contributed by atoms with Gasteiger partial charge in [0.05, 0.1) is 16.5 Å². The third-order valence-electron chi connectivity index (χ3n) is 4.35. The first-order valence-electron chi connectivity index (χ1n) is 8.15. The molecule has 2 aromatic heterocycles. The highest BCUT2D eigenvalue weighted by molar-refractivity contribution is 7.19. The van der Waals surface area contributed by atoms with Crippen molar-refractivity contribution in [1.82, 2.24) is 9.97 Å². The van der Waals surface area contributed by atoms with E-state index in [4.69, 9.17) is 0 Å². The second kappa shape index (κ2) is 6.68. The van der Waals surface area contributed by atoms with Crippen molar-refractivity contribution in [1.29, 1.82) is 0 Å². The van der Waals surface area contributed by atoms with Crippen molar-refractivity contribution in [2.24, 2.45) is 5.10 Å². The van der Waals surface area contributed by atoms with Gasteiger partial charge in [0.25, 0.3) is 5.69 Å². The third kappa shape index (κ3) is 2.97. The number of hydrogen-bond acceptors (Lipinski definition) is 8. The summed E-state index contributed by atoms with van der Waals surface area (Å²) >= 11 is 1.69. The quantitative estimate of drug-likeness (QED) is 0.412. The Bertz CT molecular complexity index is 1030. The molecule has 1 aliphatic carbocycles. The van der Waals surface area contributed by atoms with Gasteiger partial charge >= 0.3 is 0 Å². The van der Waals surface area contributed by atoms with Crippen molar-refractivity contribution in [2.75, 3.05) is 5.43 Å². The topological polar surface area (TPSA) is 114 Å². The fraction of sp³-hybridized carbons (Fsp3) is 0.235. The maximum absolute atomic E-state index is 10.9. The van der Waals surface area contributed by atoms with Crippen LogP contribution < -0.4 is 5.43 Å². The standard InChI is InChI=1S/C17H15N5O3S/c23-13-6-5-11(22(24)25)7-10(13)8-20-21-16-15-12-3-1-2-4-14(12)26-17(15)19-9-18-16/h5-9,23H,1-4H2,(H,18,19,21)/b20-8+. The van der Waals surface area contributed by atoms with E-state index in [1.54, 1.807) is 11.3 Å². The van der Waals surface area contributed by atoms with Gasteiger partial charge in [0, 0.05) is 22.6 Å². The van der Waals surface area contributed by atoms with Crippen LogP contribution in [0, 0.1) is 10.1 Å². The summed E-state index contributed by atoms with van der Waals surface area (Å²) in [5.41, 5.74) is 4.32. The van der Waals surface area contributed by atoms with E-state index in [9.17, 15) is 15.2 Å². The summed E-state index contributed by atoms with van der Waals surface area (Å²) in [7, 11) is 0. The molecule has 0 bridgehead atoms. The van der Waals surface area contributed by atoms with E-state index in [0.717, 1.165) is 29.5 Å². The Hall–Kier alpha value is -3.07. The fourth-order valence-electron chi connectivity index (χ4n) is 3.10. The molecular weight excluding hydrogens is 354 g/mol. The van der Waals surface area contributed by atoms with E-state index < -0.39 is 4.92 Å². The van der Waals surface area contributed by atoms with Gasteiger partial charge in [-0.05, 0) is 37.3 Å². The first-order chi connectivity index (χ1) is 12.6. The lowest BCUT2D eigenvalue weighted by Gasteiger charge is -2.11. The van der Waals surface area contributed by atoms with Gasteiger partial charge in [0.15, 0.2) is 5.82 Å². The number of nitro benzene ring substituents is 1. The van der Waals surface area contributed by atoms with E-state index >= 15 is 0 Å². The molecule has 3 aromatic rings. The zero-order valence-corrected chi connectivity index (χ0v) is 14.5. The normalized spacial score (nSPS) is 13.8. The number of nitrogens with zero attached hydrogens (tertiary/aromatic N) is 4. The molecule has 9 heteroatoms. The molecule has 0 fully saturated rings. The number of rotatable bonds is 4. The number of hydrogen-bond donors (Lipinski definition) is 2. The van der Waals surface area contributed by atoms with Crippen molar-refractivity contribution >= 4 is 39.3 Å². The van der Waals surface area contributed by atoms with Crippen molar-refractivity contribution in [3.8, 4) is 5.75 Å². The number of aryl methyl sites for hydroxylation is 2. The van der Waals surface area contributed by atoms with Gasteiger partial charge in [0.1, 0.15) is 16.9 Å². The maximum Gasteiger partial charge on any atom is 0.270 e. The highest BCUT2D eigenvalue weighted by Gasteiger charge is 2.19. The minimum absolute atomic E-state index is 0.0816. The van der Waals surface area contributed by atoms with Gasteiger partial charge in [-0.3, -0.25) is 15.5 Å². The average molecular weight is 369 g/mol. The minimum Gasteiger partial charge on any atom is -0.507 e. The number of aromatic nitrogens is 2. The molecule has 2 N–H and O–H groups in total. The van der Waals surface area contributed by atoms with Crippen LogP contribution in [0.2, 0.25) is 0 Å². The van der Waals surface area contributed by atoms with Crippen LogP contribution in [0.5, 0.6) is 5.75 Å². The number of phenols is 1. The Kier molecular flexibility index (Phi) is 4.21. The summed E-state index contributed by atoms with van der Waals surface area (Å²) in [4.78, 5) is 21.3. The lowest BCUT2D eigenvalue weighted by Crippen LogP contribution is -2.01. The highest BCUT2D eigenvalue weighted by atomic mass is 32.1. The predicted octanol–water partition coefficient (Wildman–Crippen LogP) is 3.63.